The monoisotopic (exact) mass is 401 g/mol. The van der Waals surface area contributed by atoms with Crippen LogP contribution in [0.15, 0.2) is 69.5 Å². The topological polar surface area (TPSA) is 29.5 Å². The first-order valence-corrected chi connectivity index (χ1v) is 9.02. The average Bonchev–Trinajstić information content (AvgIpc) is 2.96. The van der Waals surface area contributed by atoms with Crippen LogP contribution in [0.5, 0.6) is 5.75 Å². The number of carbonyl (C=O) groups excluding carboxylic acids is 1. The molecule has 122 valence electrons. The van der Waals surface area contributed by atoms with Crippen LogP contribution < -0.4 is 4.74 Å². The van der Waals surface area contributed by atoms with Gasteiger partial charge in [0.15, 0.2) is 5.78 Å². The van der Waals surface area contributed by atoms with Crippen molar-refractivity contribution >= 4 is 39.2 Å². The highest BCUT2D eigenvalue weighted by atomic mass is 79.9. The largest absolute Gasteiger partial charge is 0.497 e. The molecule has 1 aliphatic rings. The third kappa shape index (κ3) is 3.57. The van der Waals surface area contributed by atoms with Crippen LogP contribution in [0.25, 0.3) is 5.70 Å². The molecule has 5 heteroatoms. The van der Waals surface area contributed by atoms with Crippen molar-refractivity contribution in [3.8, 4) is 5.75 Å². The first kappa shape index (κ1) is 16.9. The summed E-state index contributed by atoms with van der Waals surface area (Å²) in [5, 5.41) is 2.97. The zero-order valence-corrected chi connectivity index (χ0v) is 15.7. The van der Waals surface area contributed by atoms with E-state index in [2.05, 4.69) is 21.3 Å². The number of methoxy groups -OCH3 is 1. The summed E-state index contributed by atoms with van der Waals surface area (Å²) >= 11 is 4.93. The molecule has 2 aromatic rings. The third-order valence-corrected chi connectivity index (χ3v) is 5.26. The summed E-state index contributed by atoms with van der Waals surface area (Å²) in [6.07, 6.45) is 1.68. The Balaban J connectivity index is 1.77. The molecular formula is C19H16BrNO2S. The molecule has 0 unspecified atom stereocenters. The molecular weight excluding hydrogens is 386 g/mol. The molecule has 0 saturated carbocycles. The van der Waals surface area contributed by atoms with E-state index in [0.29, 0.717) is 5.56 Å². The minimum absolute atomic E-state index is 0.00114. The SMILES string of the molecule is COc1ccc(C2=CS/C(=C/C(=O)c3ccc(Br)cc3)N2C)cc1. The number of benzene rings is 2. The van der Waals surface area contributed by atoms with Crippen LogP contribution in [-0.2, 0) is 0 Å². The van der Waals surface area contributed by atoms with Gasteiger partial charge in [0, 0.05) is 28.6 Å². The van der Waals surface area contributed by atoms with Crippen molar-refractivity contribution in [2.24, 2.45) is 0 Å². The Hall–Kier alpha value is -1.98. The lowest BCUT2D eigenvalue weighted by molar-refractivity contribution is 0.104. The lowest BCUT2D eigenvalue weighted by Crippen LogP contribution is -2.11. The fraction of sp³-hybridized carbons (Fsp3) is 0.105. The second-order valence-corrected chi connectivity index (χ2v) is 7.07. The third-order valence-electron chi connectivity index (χ3n) is 3.75. The minimum atomic E-state index is 0.00114. The summed E-state index contributed by atoms with van der Waals surface area (Å²) in [6.45, 7) is 0. The van der Waals surface area contributed by atoms with Crippen LogP contribution in [0.3, 0.4) is 0 Å². The van der Waals surface area contributed by atoms with Gasteiger partial charge in [-0.25, -0.2) is 0 Å². The van der Waals surface area contributed by atoms with Crippen LogP contribution in [0, 0.1) is 0 Å². The van der Waals surface area contributed by atoms with Gasteiger partial charge in [0.05, 0.1) is 17.8 Å². The van der Waals surface area contributed by atoms with Crippen molar-refractivity contribution in [1.29, 1.82) is 0 Å². The highest BCUT2D eigenvalue weighted by Gasteiger charge is 2.20. The number of allylic oxidation sites excluding steroid dienone is 1. The number of halogens is 1. The van der Waals surface area contributed by atoms with Crippen LogP contribution in [0.1, 0.15) is 15.9 Å². The van der Waals surface area contributed by atoms with Crippen molar-refractivity contribution in [3.63, 3.8) is 0 Å². The molecule has 0 saturated heterocycles. The summed E-state index contributed by atoms with van der Waals surface area (Å²) in [6, 6.07) is 15.3. The van der Waals surface area contributed by atoms with E-state index in [4.69, 9.17) is 4.74 Å². The number of carbonyl (C=O) groups is 1. The van der Waals surface area contributed by atoms with Gasteiger partial charge >= 0.3 is 0 Å². The zero-order valence-electron chi connectivity index (χ0n) is 13.3. The molecule has 0 amide bonds. The Morgan fingerprint density at radius 1 is 1.12 bits per heavy atom. The number of ether oxygens (including phenoxy) is 1. The first-order chi connectivity index (χ1) is 11.6. The maximum atomic E-state index is 12.4. The average molecular weight is 402 g/mol. The van der Waals surface area contributed by atoms with Gasteiger partial charge in [0.25, 0.3) is 0 Å². The fourth-order valence-corrected chi connectivity index (χ4v) is 3.58. The van der Waals surface area contributed by atoms with Crippen molar-refractivity contribution in [1.82, 2.24) is 4.90 Å². The molecule has 1 heterocycles. The smallest absolute Gasteiger partial charge is 0.188 e. The summed E-state index contributed by atoms with van der Waals surface area (Å²) in [5.74, 6) is 0.829. The highest BCUT2D eigenvalue weighted by molar-refractivity contribution is 9.10. The van der Waals surface area contributed by atoms with E-state index in [1.807, 2.05) is 60.5 Å². The van der Waals surface area contributed by atoms with E-state index in [1.165, 1.54) is 0 Å². The van der Waals surface area contributed by atoms with Gasteiger partial charge in [-0.1, -0.05) is 27.7 Å². The van der Waals surface area contributed by atoms with Gasteiger partial charge in [-0.05, 0) is 54.1 Å². The molecule has 0 bridgehead atoms. The molecule has 3 rings (SSSR count). The van der Waals surface area contributed by atoms with Crippen molar-refractivity contribution in [2.75, 3.05) is 14.2 Å². The first-order valence-electron chi connectivity index (χ1n) is 7.35. The normalized spacial score (nSPS) is 15.5. The van der Waals surface area contributed by atoms with Gasteiger partial charge in [-0.3, -0.25) is 4.79 Å². The van der Waals surface area contributed by atoms with E-state index >= 15 is 0 Å². The Kier molecular flexibility index (Phi) is 5.11. The number of hydrogen-bond acceptors (Lipinski definition) is 4. The standard InChI is InChI=1S/C19H16BrNO2S/c1-21-17(13-5-9-16(23-2)10-6-13)12-24-19(21)11-18(22)14-3-7-15(20)8-4-14/h3-12H,1-2H3/b19-11+. The molecule has 24 heavy (non-hydrogen) atoms. The Bertz CT molecular complexity index is 810. The minimum Gasteiger partial charge on any atom is -0.497 e. The maximum absolute atomic E-state index is 12.4. The second-order valence-electron chi connectivity index (χ2n) is 5.26. The zero-order chi connectivity index (χ0) is 17.1. The van der Waals surface area contributed by atoms with E-state index in [-0.39, 0.29) is 5.78 Å². The summed E-state index contributed by atoms with van der Waals surface area (Å²) < 4.78 is 6.15. The van der Waals surface area contributed by atoms with Crippen molar-refractivity contribution in [3.05, 3.63) is 80.6 Å². The number of ketones is 1. The van der Waals surface area contributed by atoms with Crippen LogP contribution >= 0.6 is 27.7 Å². The Morgan fingerprint density at radius 2 is 1.79 bits per heavy atom. The summed E-state index contributed by atoms with van der Waals surface area (Å²) in [4.78, 5) is 14.4. The molecule has 3 nitrogen and oxygen atoms in total. The fourth-order valence-electron chi connectivity index (χ4n) is 2.36. The molecule has 0 atom stereocenters. The van der Waals surface area contributed by atoms with Gasteiger partial charge in [0.2, 0.25) is 0 Å². The van der Waals surface area contributed by atoms with E-state index in [9.17, 15) is 4.79 Å². The Labute approximate surface area is 154 Å². The molecule has 0 aromatic heterocycles. The lowest BCUT2D eigenvalue weighted by Gasteiger charge is -2.18. The van der Waals surface area contributed by atoms with Gasteiger partial charge in [-0.2, -0.15) is 0 Å². The second kappa shape index (κ2) is 7.28. The van der Waals surface area contributed by atoms with E-state index in [0.717, 1.165) is 26.5 Å². The predicted octanol–water partition coefficient (Wildman–Crippen LogP) is 5.16. The molecule has 0 N–H and O–H groups in total. The predicted molar refractivity (Wildman–Crippen MR) is 103 cm³/mol. The maximum Gasteiger partial charge on any atom is 0.188 e. The molecule has 0 spiro atoms. The molecule has 0 aliphatic carbocycles. The molecule has 0 radical (unpaired) electrons. The quantitative estimate of drug-likeness (QED) is 0.522. The van der Waals surface area contributed by atoms with Crippen molar-refractivity contribution in [2.45, 2.75) is 0 Å². The van der Waals surface area contributed by atoms with Gasteiger partial charge < -0.3 is 9.64 Å². The number of thioether (sulfide) groups is 1. The highest BCUT2D eigenvalue weighted by Crippen LogP contribution is 2.38. The van der Waals surface area contributed by atoms with Crippen LogP contribution in [-0.4, -0.2) is 24.8 Å². The van der Waals surface area contributed by atoms with Crippen molar-refractivity contribution < 1.29 is 9.53 Å². The molecule has 2 aromatic carbocycles. The van der Waals surface area contributed by atoms with Gasteiger partial charge in [-0.15, -0.1) is 0 Å². The van der Waals surface area contributed by atoms with Crippen LogP contribution in [0.2, 0.25) is 0 Å². The molecule has 1 aliphatic heterocycles. The summed E-state index contributed by atoms with van der Waals surface area (Å²) in [7, 11) is 3.62. The number of hydrogen-bond donors (Lipinski definition) is 0. The number of nitrogens with zero attached hydrogens (tertiary/aromatic N) is 1. The lowest BCUT2D eigenvalue weighted by atomic mass is 10.1. The molecule has 0 fully saturated rings. The van der Waals surface area contributed by atoms with E-state index < -0.39 is 0 Å². The van der Waals surface area contributed by atoms with Crippen LogP contribution in [0.4, 0.5) is 0 Å². The van der Waals surface area contributed by atoms with Gasteiger partial charge in [0.1, 0.15) is 5.75 Å². The summed E-state index contributed by atoms with van der Waals surface area (Å²) in [5.41, 5.74) is 2.83. The Morgan fingerprint density at radius 3 is 2.42 bits per heavy atom. The van der Waals surface area contributed by atoms with E-state index in [1.54, 1.807) is 24.9 Å². The number of rotatable bonds is 4.